The summed E-state index contributed by atoms with van der Waals surface area (Å²) < 4.78 is 28.0. The Kier molecular flexibility index (Phi) is 4.53. The van der Waals surface area contributed by atoms with Crippen molar-refractivity contribution in [2.75, 3.05) is 5.73 Å². The Morgan fingerprint density at radius 3 is 2.60 bits per heavy atom. The molecule has 0 fully saturated rings. The lowest BCUT2D eigenvalue weighted by atomic mass is 10.3. The van der Waals surface area contributed by atoms with E-state index in [9.17, 15) is 8.42 Å². The molecule has 0 bridgehead atoms. The Hall–Kier alpha value is -0.890. The average Bonchev–Trinajstić information content (AvgIpc) is 2.78. The fraction of sp³-hybridized carbons (Fsp3) is 0.231. The molecule has 0 aliphatic carbocycles. The number of nitrogens with one attached hydrogen (secondary N) is 1. The zero-order chi connectivity index (χ0) is 14.9. The first-order valence-corrected chi connectivity index (χ1v) is 9.02. The Bertz CT molecular complexity index is 726. The SMILES string of the molecule is Cc1ccc(C(C)NS(=O)(=O)c2cc(N)ccc2Br)s1. The van der Waals surface area contributed by atoms with Gasteiger partial charge < -0.3 is 5.73 Å². The van der Waals surface area contributed by atoms with Gasteiger partial charge in [0.15, 0.2) is 0 Å². The number of thiophene rings is 1. The molecule has 1 aromatic carbocycles. The first-order valence-electron chi connectivity index (χ1n) is 5.93. The zero-order valence-corrected chi connectivity index (χ0v) is 14.3. The molecular formula is C13H15BrN2O2S2. The molecule has 108 valence electrons. The van der Waals surface area contributed by atoms with Crippen LogP contribution in [0, 0.1) is 6.92 Å². The largest absolute Gasteiger partial charge is 0.399 e. The molecule has 0 spiro atoms. The molecule has 1 unspecified atom stereocenters. The van der Waals surface area contributed by atoms with E-state index in [1.54, 1.807) is 23.5 Å². The molecule has 20 heavy (non-hydrogen) atoms. The zero-order valence-electron chi connectivity index (χ0n) is 11.1. The molecule has 2 rings (SSSR count). The first-order chi connectivity index (χ1) is 9.29. The molecule has 1 aromatic heterocycles. The molecule has 0 amide bonds. The standard InChI is InChI=1S/C13H15BrN2O2S2/c1-8-3-6-12(19-8)9(2)16-20(17,18)13-7-10(15)4-5-11(13)14/h3-7,9,16H,15H2,1-2H3. The van der Waals surface area contributed by atoms with Crippen LogP contribution in [0.25, 0.3) is 0 Å². The molecule has 2 aromatic rings. The van der Waals surface area contributed by atoms with Gasteiger partial charge in [-0.05, 0) is 60.1 Å². The van der Waals surface area contributed by atoms with Crippen molar-refractivity contribution in [1.29, 1.82) is 0 Å². The Labute approximate surface area is 131 Å². The van der Waals surface area contributed by atoms with E-state index in [0.29, 0.717) is 10.2 Å². The molecule has 1 heterocycles. The van der Waals surface area contributed by atoms with E-state index < -0.39 is 10.0 Å². The maximum Gasteiger partial charge on any atom is 0.242 e. The van der Waals surface area contributed by atoms with Gasteiger partial charge in [-0.3, -0.25) is 0 Å². The van der Waals surface area contributed by atoms with Crippen molar-refractivity contribution in [2.24, 2.45) is 0 Å². The van der Waals surface area contributed by atoms with Crippen molar-refractivity contribution in [3.63, 3.8) is 0 Å². The van der Waals surface area contributed by atoms with Gasteiger partial charge in [0.1, 0.15) is 0 Å². The van der Waals surface area contributed by atoms with Gasteiger partial charge in [-0.15, -0.1) is 11.3 Å². The summed E-state index contributed by atoms with van der Waals surface area (Å²) in [6.07, 6.45) is 0. The van der Waals surface area contributed by atoms with Crippen LogP contribution in [-0.2, 0) is 10.0 Å². The number of nitrogens with two attached hydrogens (primary N) is 1. The Balaban J connectivity index is 2.29. The number of nitrogen functional groups attached to an aromatic ring is 1. The molecule has 0 radical (unpaired) electrons. The fourth-order valence-electron chi connectivity index (χ4n) is 1.77. The molecule has 1 atom stereocenters. The fourth-order valence-corrected chi connectivity index (χ4v) is 4.94. The lowest BCUT2D eigenvalue weighted by molar-refractivity contribution is 0.568. The van der Waals surface area contributed by atoms with E-state index in [1.807, 2.05) is 26.0 Å². The van der Waals surface area contributed by atoms with Crippen molar-refractivity contribution < 1.29 is 8.42 Å². The van der Waals surface area contributed by atoms with Crippen molar-refractivity contribution in [2.45, 2.75) is 24.8 Å². The highest BCUT2D eigenvalue weighted by atomic mass is 79.9. The van der Waals surface area contributed by atoms with E-state index in [-0.39, 0.29) is 10.9 Å². The van der Waals surface area contributed by atoms with Gasteiger partial charge in [0, 0.05) is 19.9 Å². The molecule has 0 saturated carbocycles. The number of rotatable bonds is 4. The summed E-state index contributed by atoms with van der Waals surface area (Å²) in [7, 11) is -3.62. The third-order valence-electron chi connectivity index (χ3n) is 2.76. The van der Waals surface area contributed by atoms with Gasteiger partial charge in [0.05, 0.1) is 10.9 Å². The molecule has 4 nitrogen and oxygen atoms in total. The van der Waals surface area contributed by atoms with E-state index in [2.05, 4.69) is 20.7 Å². The number of halogens is 1. The second kappa shape index (κ2) is 5.85. The molecule has 0 aliphatic rings. The van der Waals surface area contributed by atoms with Gasteiger partial charge in [0.2, 0.25) is 10.0 Å². The monoisotopic (exact) mass is 374 g/mol. The third-order valence-corrected chi connectivity index (χ3v) is 6.48. The van der Waals surface area contributed by atoms with Crippen LogP contribution in [0.2, 0.25) is 0 Å². The Morgan fingerprint density at radius 1 is 1.30 bits per heavy atom. The highest BCUT2D eigenvalue weighted by molar-refractivity contribution is 9.10. The summed E-state index contributed by atoms with van der Waals surface area (Å²) in [4.78, 5) is 2.28. The molecule has 7 heteroatoms. The second-order valence-electron chi connectivity index (χ2n) is 4.48. The third kappa shape index (κ3) is 3.41. The van der Waals surface area contributed by atoms with Crippen molar-refractivity contribution >= 4 is 43.0 Å². The normalized spacial score (nSPS) is 13.3. The molecule has 0 saturated heterocycles. The smallest absolute Gasteiger partial charge is 0.242 e. The van der Waals surface area contributed by atoms with Crippen molar-refractivity contribution in [3.8, 4) is 0 Å². The van der Waals surface area contributed by atoms with E-state index in [1.165, 1.54) is 6.07 Å². The van der Waals surface area contributed by atoms with Crippen LogP contribution in [0.3, 0.4) is 0 Å². The number of anilines is 1. The number of sulfonamides is 1. The summed E-state index contributed by atoms with van der Waals surface area (Å²) >= 11 is 4.82. The van der Waals surface area contributed by atoms with Gasteiger partial charge in [-0.25, -0.2) is 13.1 Å². The van der Waals surface area contributed by atoms with Gasteiger partial charge in [0.25, 0.3) is 0 Å². The minimum Gasteiger partial charge on any atom is -0.399 e. The first kappa shape index (κ1) is 15.5. The van der Waals surface area contributed by atoms with E-state index >= 15 is 0 Å². The van der Waals surface area contributed by atoms with Gasteiger partial charge in [-0.2, -0.15) is 0 Å². The minimum atomic E-state index is -3.62. The van der Waals surface area contributed by atoms with Gasteiger partial charge >= 0.3 is 0 Å². The van der Waals surface area contributed by atoms with E-state index in [0.717, 1.165) is 9.75 Å². The van der Waals surface area contributed by atoms with Crippen molar-refractivity contribution in [1.82, 2.24) is 4.72 Å². The van der Waals surface area contributed by atoms with Crippen LogP contribution in [0.1, 0.15) is 22.7 Å². The van der Waals surface area contributed by atoms with Crippen molar-refractivity contribution in [3.05, 3.63) is 44.6 Å². The summed E-state index contributed by atoms with van der Waals surface area (Å²) in [5.41, 5.74) is 6.07. The number of hydrogen-bond acceptors (Lipinski definition) is 4. The highest BCUT2D eigenvalue weighted by Gasteiger charge is 2.21. The van der Waals surface area contributed by atoms with E-state index in [4.69, 9.17) is 5.73 Å². The number of benzene rings is 1. The lowest BCUT2D eigenvalue weighted by Gasteiger charge is -2.14. The molecule has 0 aliphatic heterocycles. The maximum absolute atomic E-state index is 12.4. The average molecular weight is 375 g/mol. The van der Waals surface area contributed by atoms with Crippen LogP contribution in [0.5, 0.6) is 0 Å². The maximum atomic E-state index is 12.4. The number of aryl methyl sites for hydroxylation is 1. The predicted molar refractivity (Wildman–Crippen MR) is 86.3 cm³/mol. The molecular weight excluding hydrogens is 360 g/mol. The minimum absolute atomic E-state index is 0.151. The second-order valence-corrected chi connectivity index (χ2v) is 8.34. The van der Waals surface area contributed by atoms with Crippen LogP contribution >= 0.6 is 27.3 Å². The quantitative estimate of drug-likeness (QED) is 0.805. The number of hydrogen-bond donors (Lipinski definition) is 2. The molecule has 3 N–H and O–H groups in total. The Morgan fingerprint density at radius 2 is 2.00 bits per heavy atom. The lowest BCUT2D eigenvalue weighted by Crippen LogP contribution is -2.26. The summed E-state index contributed by atoms with van der Waals surface area (Å²) in [6.45, 7) is 3.81. The topological polar surface area (TPSA) is 72.2 Å². The summed E-state index contributed by atoms with van der Waals surface area (Å²) in [5.74, 6) is 0. The highest BCUT2D eigenvalue weighted by Crippen LogP contribution is 2.27. The predicted octanol–water partition coefficient (Wildman–Crippen LogP) is 3.44. The van der Waals surface area contributed by atoms with Crippen LogP contribution in [0.15, 0.2) is 39.7 Å². The summed E-state index contributed by atoms with van der Waals surface area (Å²) in [5, 5.41) is 0. The van der Waals surface area contributed by atoms with Crippen LogP contribution in [-0.4, -0.2) is 8.42 Å². The van der Waals surface area contributed by atoms with Crippen LogP contribution < -0.4 is 10.5 Å². The summed E-state index contributed by atoms with van der Waals surface area (Å²) in [6, 6.07) is 8.34. The van der Waals surface area contributed by atoms with Crippen LogP contribution in [0.4, 0.5) is 5.69 Å². The van der Waals surface area contributed by atoms with Gasteiger partial charge in [-0.1, -0.05) is 0 Å².